The lowest BCUT2D eigenvalue weighted by molar-refractivity contribution is -0.127. The van der Waals surface area contributed by atoms with E-state index in [0.717, 1.165) is 38.6 Å². The molecule has 0 spiro atoms. The Morgan fingerprint density at radius 2 is 1.74 bits per heavy atom. The maximum absolute atomic E-state index is 12.8. The van der Waals surface area contributed by atoms with Crippen LogP contribution in [0.25, 0.3) is 0 Å². The SMILES string of the molecule is O=C(N[C@H](/C=C/C(=O)N1Cc2ccccc2C1)CCc1ccccc1)C1CCCCN1. The van der Waals surface area contributed by atoms with Gasteiger partial charge in [0.05, 0.1) is 6.04 Å². The molecule has 0 saturated carbocycles. The van der Waals surface area contributed by atoms with Crippen LogP contribution >= 0.6 is 0 Å². The Morgan fingerprint density at radius 1 is 1.03 bits per heavy atom. The fourth-order valence-electron chi connectivity index (χ4n) is 4.34. The van der Waals surface area contributed by atoms with Gasteiger partial charge in [-0.1, -0.05) is 67.1 Å². The number of rotatable bonds is 7. The largest absolute Gasteiger partial charge is 0.349 e. The minimum atomic E-state index is -0.176. The summed E-state index contributed by atoms with van der Waals surface area (Å²) in [7, 11) is 0. The van der Waals surface area contributed by atoms with Gasteiger partial charge in [0.2, 0.25) is 11.8 Å². The van der Waals surface area contributed by atoms with E-state index in [1.165, 1.54) is 16.7 Å². The molecule has 31 heavy (non-hydrogen) atoms. The number of aryl methyl sites for hydroxylation is 1. The molecule has 1 fully saturated rings. The lowest BCUT2D eigenvalue weighted by Gasteiger charge is -2.25. The second-order valence-corrected chi connectivity index (χ2v) is 8.46. The van der Waals surface area contributed by atoms with Crippen molar-refractivity contribution >= 4 is 11.8 Å². The van der Waals surface area contributed by atoms with E-state index in [1.807, 2.05) is 41.3 Å². The van der Waals surface area contributed by atoms with Gasteiger partial charge in [-0.05, 0) is 48.9 Å². The first-order chi connectivity index (χ1) is 15.2. The van der Waals surface area contributed by atoms with E-state index in [1.54, 1.807) is 6.08 Å². The second-order valence-electron chi connectivity index (χ2n) is 8.46. The maximum atomic E-state index is 12.8. The Morgan fingerprint density at radius 3 is 2.42 bits per heavy atom. The standard InChI is InChI=1S/C26H31N3O2/c30-25(29-18-21-10-4-5-11-22(21)19-29)16-15-23(14-13-20-8-2-1-3-9-20)28-26(31)24-12-6-7-17-27-24/h1-5,8-11,15-16,23-24,27H,6-7,12-14,17-19H2,(H,28,31)/b16-15+/t23-,24?/m0/s1. The lowest BCUT2D eigenvalue weighted by atomic mass is 10.0. The molecule has 2 heterocycles. The van der Waals surface area contributed by atoms with Gasteiger partial charge in [-0.25, -0.2) is 0 Å². The predicted octanol–water partition coefficient (Wildman–Crippen LogP) is 3.34. The van der Waals surface area contributed by atoms with Gasteiger partial charge in [-0.3, -0.25) is 9.59 Å². The van der Waals surface area contributed by atoms with Crippen molar-refractivity contribution in [3.63, 3.8) is 0 Å². The summed E-state index contributed by atoms with van der Waals surface area (Å²) in [5.41, 5.74) is 3.65. The molecular weight excluding hydrogens is 386 g/mol. The molecule has 0 bridgehead atoms. The van der Waals surface area contributed by atoms with Crippen LogP contribution in [0.2, 0.25) is 0 Å². The van der Waals surface area contributed by atoms with Gasteiger partial charge in [-0.2, -0.15) is 0 Å². The highest BCUT2D eigenvalue weighted by Gasteiger charge is 2.24. The summed E-state index contributed by atoms with van der Waals surface area (Å²) in [6.07, 6.45) is 8.17. The Labute approximate surface area is 184 Å². The van der Waals surface area contributed by atoms with E-state index >= 15 is 0 Å². The van der Waals surface area contributed by atoms with Gasteiger partial charge in [0.25, 0.3) is 0 Å². The first-order valence-corrected chi connectivity index (χ1v) is 11.3. The number of carbonyl (C=O) groups is 2. The second kappa shape index (κ2) is 10.4. The van der Waals surface area contributed by atoms with Crippen molar-refractivity contribution in [1.82, 2.24) is 15.5 Å². The number of benzene rings is 2. The van der Waals surface area contributed by atoms with E-state index in [4.69, 9.17) is 0 Å². The van der Waals surface area contributed by atoms with Gasteiger partial charge >= 0.3 is 0 Å². The van der Waals surface area contributed by atoms with Crippen LogP contribution in [0.3, 0.4) is 0 Å². The minimum absolute atomic E-state index is 0.00838. The van der Waals surface area contributed by atoms with Crippen LogP contribution in [0.5, 0.6) is 0 Å². The number of amides is 2. The summed E-state index contributed by atoms with van der Waals surface area (Å²) in [6.45, 7) is 2.18. The van der Waals surface area contributed by atoms with Crippen LogP contribution in [-0.4, -0.2) is 35.3 Å². The molecule has 2 atom stereocenters. The lowest BCUT2D eigenvalue weighted by Crippen LogP contribution is -2.49. The number of nitrogens with one attached hydrogen (secondary N) is 2. The van der Waals surface area contributed by atoms with E-state index in [9.17, 15) is 9.59 Å². The van der Waals surface area contributed by atoms with Crippen LogP contribution in [0.4, 0.5) is 0 Å². The molecule has 0 aliphatic carbocycles. The smallest absolute Gasteiger partial charge is 0.246 e. The van der Waals surface area contributed by atoms with Gasteiger partial charge in [0.1, 0.15) is 0 Å². The Hall–Kier alpha value is -2.92. The third-order valence-corrected chi connectivity index (χ3v) is 6.16. The molecule has 0 radical (unpaired) electrons. The number of hydrogen-bond acceptors (Lipinski definition) is 3. The third-order valence-electron chi connectivity index (χ3n) is 6.16. The number of fused-ring (bicyclic) bond motifs is 1. The molecule has 2 N–H and O–H groups in total. The van der Waals surface area contributed by atoms with Crippen molar-refractivity contribution in [2.75, 3.05) is 6.54 Å². The van der Waals surface area contributed by atoms with Gasteiger partial charge in [0.15, 0.2) is 0 Å². The normalized spacial score (nSPS) is 19.2. The van der Waals surface area contributed by atoms with Gasteiger partial charge in [-0.15, -0.1) is 0 Å². The van der Waals surface area contributed by atoms with E-state index in [0.29, 0.717) is 13.1 Å². The van der Waals surface area contributed by atoms with Gasteiger partial charge < -0.3 is 15.5 Å². The average Bonchev–Trinajstić information content (AvgIpc) is 3.26. The Kier molecular flexibility index (Phi) is 7.15. The van der Waals surface area contributed by atoms with Crippen LogP contribution in [0.15, 0.2) is 66.7 Å². The van der Waals surface area contributed by atoms with Crippen LogP contribution < -0.4 is 10.6 Å². The molecule has 1 saturated heterocycles. The fourth-order valence-corrected chi connectivity index (χ4v) is 4.34. The van der Waals surface area contributed by atoms with E-state index in [-0.39, 0.29) is 23.9 Å². The molecule has 5 nitrogen and oxygen atoms in total. The maximum Gasteiger partial charge on any atom is 0.246 e. The number of carbonyl (C=O) groups excluding carboxylic acids is 2. The summed E-state index contributed by atoms with van der Waals surface area (Å²) in [6, 6.07) is 18.1. The van der Waals surface area contributed by atoms with Crippen molar-refractivity contribution in [2.45, 2.75) is 57.3 Å². The molecular formula is C26H31N3O2. The number of nitrogens with zero attached hydrogens (tertiary/aromatic N) is 1. The summed E-state index contributed by atoms with van der Waals surface area (Å²) in [4.78, 5) is 27.4. The summed E-state index contributed by atoms with van der Waals surface area (Å²) < 4.78 is 0. The number of hydrogen-bond donors (Lipinski definition) is 2. The topological polar surface area (TPSA) is 61.4 Å². The summed E-state index contributed by atoms with van der Waals surface area (Å²) in [5, 5.41) is 6.47. The molecule has 2 aromatic rings. The first kappa shape index (κ1) is 21.3. The highest BCUT2D eigenvalue weighted by molar-refractivity contribution is 5.88. The predicted molar refractivity (Wildman–Crippen MR) is 122 cm³/mol. The third kappa shape index (κ3) is 5.82. The molecule has 5 heteroatoms. The monoisotopic (exact) mass is 417 g/mol. The summed E-state index contributed by atoms with van der Waals surface area (Å²) >= 11 is 0. The minimum Gasteiger partial charge on any atom is -0.349 e. The van der Waals surface area contributed by atoms with E-state index in [2.05, 4.69) is 34.9 Å². The first-order valence-electron chi connectivity index (χ1n) is 11.3. The van der Waals surface area contributed by atoms with Crippen molar-refractivity contribution < 1.29 is 9.59 Å². The van der Waals surface area contributed by atoms with Gasteiger partial charge in [0, 0.05) is 25.2 Å². The molecule has 2 aliphatic rings. The van der Waals surface area contributed by atoms with Crippen molar-refractivity contribution in [1.29, 1.82) is 0 Å². The van der Waals surface area contributed by atoms with Crippen molar-refractivity contribution in [3.05, 3.63) is 83.4 Å². The Balaban J connectivity index is 1.39. The average molecular weight is 418 g/mol. The number of piperidine rings is 1. The highest BCUT2D eigenvalue weighted by atomic mass is 16.2. The van der Waals surface area contributed by atoms with Crippen LogP contribution in [0, 0.1) is 0 Å². The molecule has 1 unspecified atom stereocenters. The van der Waals surface area contributed by atoms with E-state index < -0.39 is 0 Å². The molecule has 0 aromatic heterocycles. The molecule has 2 amide bonds. The zero-order chi connectivity index (χ0) is 21.5. The van der Waals surface area contributed by atoms with Crippen molar-refractivity contribution in [3.8, 4) is 0 Å². The molecule has 2 aliphatic heterocycles. The molecule has 162 valence electrons. The fraction of sp³-hybridized carbons (Fsp3) is 0.385. The summed E-state index contributed by atoms with van der Waals surface area (Å²) in [5.74, 6) is 0.0226. The molecule has 4 rings (SSSR count). The highest BCUT2D eigenvalue weighted by Crippen LogP contribution is 2.22. The molecule has 2 aromatic carbocycles. The Bertz CT molecular complexity index is 894. The zero-order valence-corrected chi connectivity index (χ0v) is 17.9. The van der Waals surface area contributed by atoms with Crippen LogP contribution in [-0.2, 0) is 29.1 Å². The van der Waals surface area contributed by atoms with Crippen LogP contribution in [0.1, 0.15) is 42.4 Å². The zero-order valence-electron chi connectivity index (χ0n) is 17.9. The quantitative estimate of drug-likeness (QED) is 0.680. The van der Waals surface area contributed by atoms with Crippen molar-refractivity contribution in [2.24, 2.45) is 0 Å².